The van der Waals surface area contributed by atoms with Crippen LogP contribution >= 0.6 is 23.4 Å². The van der Waals surface area contributed by atoms with Crippen molar-refractivity contribution >= 4 is 45.7 Å². The molecule has 50 heavy (non-hydrogen) atoms. The summed E-state index contributed by atoms with van der Waals surface area (Å²) >= 11 is 7.62. The van der Waals surface area contributed by atoms with Crippen LogP contribution in [-0.4, -0.2) is 42.7 Å². The van der Waals surface area contributed by atoms with Crippen molar-refractivity contribution in [2.75, 3.05) is 5.32 Å². The van der Waals surface area contributed by atoms with Gasteiger partial charge in [-0.1, -0.05) is 101 Å². The number of nitrogens with one attached hydrogen (secondary N) is 1. The van der Waals surface area contributed by atoms with Crippen LogP contribution in [0.15, 0.2) is 95.0 Å². The van der Waals surface area contributed by atoms with Gasteiger partial charge in [0.25, 0.3) is 5.91 Å². The van der Waals surface area contributed by atoms with E-state index < -0.39 is 5.91 Å². The number of hydrogen-bond acceptors (Lipinski definition) is 7. The fourth-order valence-electron chi connectivity index (χ4n) is 6.02. The van der Waals surface area contributed by atoms with E-state index in [1.54, 1.807) is 16.8 Å². The highest BCUT2D eigenvalue weighted by molar-refractivity contribution is 7.99. The zero-order valence-electron chi connectivity index (χ0n) is 29.1. The number of halogens is 1. The molecule has 0 bridgehead atoms. The highest BCUT2D eigenvalue weighted by atomic mass is 35.5. The van der Waals surface area contributed by atoms with Gasteiger partial charge in [0.05, 0.1) is 17.4 Å². The van der Waals surface area contributed by atoms with Gasteiger partial charge in [0.2, 0.25) is 5.16 Å². The third-order valence-corrected chi connectivity index (χ3v) is 10.0. The number of aromatic hydroxyl groups is 1. The maximum Gasteiger partial charge on any atom is 0.259 e. The molecule has 1 amide bonds. The van der Waals surface area contributed by atoms with Crippen LogP contribution in [0.2, 0.25) is 0 Å². The van der Waals surface area contributed by atoms with Crippen LogP contribution in [0.4, 0.5) is 5.69 Å². The van der Waals surface area contributed by atoms with Gasteiger partial charge in [-0.25, -0.2) is 0 Å². The number of carbonyl (C=O) groups excluding carboxylic acids is 1. The molecule has 5 aromatic rings. The molecule has 0 aliphatic carbocycles. The highest BCUT2D eigenvalue weighted by Gasteiger charge is 2.20. The molecule has 1 heterocycles. The lowest BCUT2D eigenvalue weighted by atomic mass is 10.0. The second-order valence-electron chi connectivity index (χ2n) is 12.8. The maximum atomic E-state index is 13.6. The molecular formula is C40H48ClN5O3S. The van der Waals surface area contributed by atoms with Crippen molar-refractivity contribution in [2.45, 2.75) is 112 Å². The van der Waals surface area contributed by atoms with E-state index in [1.807, 2.05) is 79.7 Å². The van der Waals surface area contributed by atoms with E-state index in [4.69, 9.17) is 16.3 Å². The first-order valence-electron chi connectivity index (χ1n) is 17.9. The summed E-state index contributed by atoms with van der Waals surface area (Å²) in [4.78, 5) is 14.4. The van der Waals surface area contributed by atoms with Gasteiger partial charge < -0.3 is 15.2 Å². The second-order valence-corrected chi connectivity index (χ2v) is 14.6. The number of fused-ring (bicyclic) bond motifs is 1. The first-order valence-corrected chi connectivity index (χ1v) is 19.2. The van der Waals surface area contributed by atoms with Crippen LogP contribution in [0.3, 0.4) is 0 Å². The van der Waals surface area contributed by atoms with Gasteiger partial charge >= 0.3 is 0 Å². The molecule has 2 atom stereocenters. The third kappa shape index (κ3) is 10.7. The molecule has 8 nitrogen and oxygen atoms in total. The number of alkyl halides is 1. The molecule has 0 saturated heterocycles. The number of tetrazole rings is 1. The number of hydrogen-bond donors (Lipinski definition) is 2. The molecular weight excluding hydrogens is 666 g/mol. The van der Waals surface area contributed by atoms with Gasteiger partial charge in [0.15, 0.2) is 0 Å². The summed E-state index contributed by atoms with van der Waals surface area (Å²) in [5.41, 5.74) is 1.57. The van der Waals surface area contributed by atoms with E-state index in [9.17, 15) is 9.90 Å². The number of aromatic nitrogens is 4. The molecule has 0 radical (unpaired) electrons. The fourth-order valence-corrected chi connectivity index (χ4v) is 7.12. The number of phenols is 1. The van der Waals surface area contributed by atoms with Gasteiger partial charge in [-0.2, -0.15) is 4.68 Å². The predicted octanol–water partition coefficient (Wildman–Crippen LogP) is 11.0. The largest absolute Gasteiger partial charge is 0.506 e. The first-order chi connectivity index (χ1) is 24.4. The number of para-hydroxylation sites is 1. The highest BCUT2D eigenvalue weighted by Crippen LogP contribution is 2.39. The second kappa shape index (κ2) is 19.3. The molecule has 1 aromatic heterocycles. The van der Waals surface area contributed by atoms with E-state index >= 15 is 0 Å². The van der Waals surface area contributed by atoms with Crippen molar-refractivity contribution in [2.24, 2.45) is 0 Å². The van der Waals surface area contributed by atoms with Crippen LogP contribution in [-0.2, 0) is 0 Å². The maximum absolute atomic E-state index is 13.6. The number of phenolic OH excluding ortho intramolecular Hbond substituents is 1. The van der Waals surface area contributed by atoms with Gasteiger partial charge in [0.1, 0.15) is 11.5 Å². The number of unbranched alkanes of at least 4 members (excludes halogenated alkanes) is 8. The van der Waals surface area contributed by atoms with Crippen LogP contribution in [0, 0.1) is 0 Å². The summed E-state index contributed by atoms with van der Waals surface area (Å²) < 4.78 is 8.07. The lowest BCUT2D eigenvalue weighted by Gasteiger charge is -2.20. The molecule has 264 valence electrons. The molecule has 2 unspecified atom stereocenters. The molecule has 0 spiro atoms. The van der Waals surface area contributed by atoms with Crippen molar-refractivity contribution in [3.63, 3.8) is 0 Å². The number of amides is 1. The van der Waals surface area contributed by atoms with E-state index in [-0.39, 0.29) is 22.8 Å². The van der Waals surface area contributed by atoms with Gasteiger partial charge in [-0.15, -0.1) is 16.7 Å². The average molecular weight is 714 g/mol. The van der Waals surface area contributed by atoms with Crippen molar-refractivity contribution in [3.05, 3.63) is 90.5 Å². The van der Waals surface area contributed by atoms with Crippen molar-refractivity contribution < 1.29 is 14.6 Å². The van der Waals surface area contributed by atoms with Gasteiger partial charge in [-0.05, 0) is 103 Å². The Hall–Kier alpha value is -4.08. The molecule has 0 fully saturated rings. The number of carbonyl (C=O) groups is 1. The van der Waals surface area contributed by atoms with Crippen LogP contribution in [0.25, 0.3) is 16.5 Å². The van der Waals surface area contributed by atoms with Crippen LogP contribution < -0.4 is 10.1 Å². The molecule has 5 rings (SSSR count). The van der Waals surface area contributed by atoms with E-state index in [1.165, 1.54) is 63.1 Å². The summed E-state index contributed by atoms with van der Waals surface area (Å²) in [7, 11) is 0. The number of benzene rings is 4. The Kier molecular flexibility index (Phi) is 14.4. The number of ether oxygens (including phenoxy) is 1. The minimum Gasteiger partial charge on any atom is -0.506 e. The number of rotatable bonds is 20. The molecule has 0 saturated carbocycles. The Bertz CT molecular complexity index is 1780. The van der Waals surface area contributed by atoms with E-state index in [0.29, 0.717) is 16.2 Å². The van der Waals surface area contributed by atoms with Crippen LogP contribution in [0.1, 0.15) is 101 Å². The Labute approximate surface area is 305 Å². The Balaban J connectivity index is 1.23. The number of nitrogens with zero attached hydrogens (tertiary/aromatic N) is 4. The lowest BCUT2D eigenvalue weighted by Crippen LogP contribution is -2.18. The standard InChI is InChI=1S/C40H48ClN5O3S/c1-3-4-5-6-7-8-9-10-14-19-32(25-22-29(2)41)49-33-26-23-30(24-27-33)42-39(48)36-28-37(34-20-15-16-21-35(34)38(36)47)50-40-43-44-45-46(40)31-17-12-11-13-18-31/h11-13,15-18,20-21,23-24,26-29,32,47H,3-10,14,19,22,25H2,1-2H3,(H,42,48). The topological polar surface area (TPSA) is 102 Å². The van der Waals surface area contributed by atoms with E-state index in [0.717, 1.165) is 47.4 Å². The molecule has 2 N–H and O–H groups in total. The quantitative estimate of drug-likeness (QED) is 0.0611. The van der Waals surface area contributed by atoms with Crippen molar-refractivity contribution in [3.8, 4) is 17.2 Å². The monoisotopic (exact) mass is 713 g/mol. The average Bonchev–Trinajstić information content (AvgIpc) is 3.60. The Morgan fingerprint density at radius 3 is 2.22 bits per heavy atom. The summed E-state index contributed by atoms with van der Waals surface area (Å²) in [6, 6.07) is 26.2. The summed E-state index contributed by atoms with van der Waals surface area (Å²) in [6.45, 7) is 4.28. The molecule has 0 aliphatic rings. The third-order valence-electron chi connectivity index (χ3n) is 8.80. The fraction of sp³-hybridized carbons (Fsp3) is 0.400. The van der Waals surface area contributed by atoms with Gasteiger partial charge in [0, 0.05) is 21.3 Å². The Morgan fingerprint density at radius 1 is 0.860 bits per heavy atom. The SMILES string of the molecule is CCCCCCCCCCCC(CCC(C)Cl)Oc1ccc(NC(=O)c2cc(Sc3nnnn3-c3ccccc3)c3ccccc3c2O)cc1. The zero-order chi connectivity index (χ0) is 35.1. The molecule has 10 heteroatoms. The number of anilines is 1. The normalized spacial score (nSPS) is 12.5. The Morgan fingerprint density at radius 2 is 1.52 bits per heavy atom. The first kappa shape index (κ1) is 37.2. The van der Waals surface area contributed by atoms with Gasteiger partial charge in [-0.3, -0.25) is 4.79 Å². The summed E-state index contributed by atoms with van der Waals surface area (Å²) in [6.07, 6.45) is 14.5. The summed E-state index contributed by atoms with van der Waals surface area (Å²) in [5.74, 6) is 0.248. The van der Waals surface area contributed by atoms with Crippen LogP contribution in [0.5, 0.6) is 11.5 Å². The predicted molar refractivity (Wildman–Crippen MR) is 204 cm³/mol. The molecule has 4 aromatic carbocycles. The minimum atomic E-state index is -0.425. The zero-order valence-corrected chi connectivity index (χ0v) is 30.6. The van der Waals surface area contributed by atoms with E-state index in [2.05, 4.69) is 27.8 Å². The molecule has 0 aliphatic heterocycles. The smallest absolute Gasteiger partial charge is 0.259 e. The lowest BCUT2D eigenvalue weighted by molar-refractivity contribution is 0.102. The summed E-state index contributed by atoms with van der Waals surface area (Å²) in [5, 5.41) is 28.4. The van der Waals surface area contributed by atoms with Crippen molar-refractivity contribution in [1.82, 2.24) is 20.2 Å². The minimum absolute atomic E-state index is 0.0853. The van der Waals surface area contributed by atoms with Crippen molar-refractivity contribution in [1.29, 1.82) is 0 Å².